The van der Waals surface area contributed by atoms with E-state index in [1.807, 2.05) is 0 Å². The van der Waals surface area contributed by atoms with Crippen LogP contribution in [0.4, 0.5) is 158 Å². The van der Waals surface area contributed by atoms with E-state index in [1.54, 1.807) is 0 Å². The van der Waals surface area contributed by atoms with Gasteiger partial charge in [-0.05, 0) is 0 Å². The molecule has 0 N–H and O–H groups in total. The maximum absolute atomic E-state index is 15.0. The number of rotatable bonds is 12. The summed E-state index contributed by atoms with van der Waals surface area (Å²) in [6, 6.07) is 0. The third-order valence-corrected chi connectivity index (χ3v) is 12.9. The molecule has 546 valence electrons. The smallest absolute Gasteiger partial charge is 0.284 e. The van der Waals surface area contributed by atoms with Crippen molar-refractivity contribution in [3.63, 3.8) is 0 Å². The van der Waals surface area contributed by atoms with E-state index >= 15 is 0 Å². The summed E-state index contributed by atoms with van der Waals surface area (Å²) in [6.45, 7) is 0. The van der Waals surface area contributed by atoms with Gasteiger partial charge in [-0.3, -0.25) is 57.5 Å². The largest absolute Gasteiger partial charge is 0.454 e. The number of carbonyl (C=O) groups excluding carboxylic acids is 12. The summed E-state index contributed by atoms with van der Waals surface area (Å²) in [4.78, 5) is 176. The molecule has 0 aromatic heterocycles. The van der Waals surface area contributed by atoms with E-state index in [4.69, 9.17) is 0 Å². The highest BCUT2D eigenvalue weighted by Gasteiger charge is 2.63. The lowest BCUT2D eigenvalue weighted by atomic mass is 9.79. The second-order valence-electron chi connectivity index (χ2n) is 19.3. The van der Waals surface area contributed by atoms with Crippen LogP contribution in [0.1, 0.15) is 158 Å². The summed E-state index contributed by atoms with van der Waals surface area (Å²) in [5.41, 5.74) is -74.2. The van der Waals surface area contributed by atoms with E-state index in [9.17, 15) is 216 Å². The highest BCUT2D eigenvalue weighted by molar-refractivity contribution is 6.44. The predicted molar refractivity (Wildman–Crippen MR) is 243 cm³/mol. The van der Waals surface area contributed by atoms with Crippen molar-refractivity contribution in [2.75, 3.05) is 0 Å². The van der Waals surface area contributed by atoms with Crippen LogP contribution in [-0.2, 0) is 0 Å². The van der Waals surface area contributed by atoms with Crippen molar-refractivity contribution in [3.05, 3.63) is 100 Å². The third-order valence-electron chi connectivity index (χ3n) is 12.9. The standard InChI is InChI=1S/C48F36N6O12/c49-37(50,51)19(91)1-2(20(92)38(52,53)54)8(26(98)44(70,71)72)14-13(7(1)25(97)43(67,68)69)31-85-32(14)89-34-17-11(29(101)47(79,80)81)5(23(95)41(61,62)63)6(24(96)42(64,65)66)12(30(102)48(82,83)84)18(17)36(87-34)90-35-16-10(28(100)46(76,77)78)4(22(94)40(58,59)60)3(21(93)39(55,56)57)9(27(99)45(73,74)75)15(16)33(86-35)88-31. The van der Waals surface area contributed by atoms with Crippen molar-refractivity contribution < 1.29 is 216 Å². The van der Waals surface area contributed by atoms with Gasteiger partial charge in [0.25, 0.3) is 69.4 Å². The number of halogens is 36. The second-order valence-corrected chi connectivity index (χ2v) is 19.3. The Morgan fingerprint density at radius 2 is 0.206 bits per heavy atom. The Hall–Kier alpha value is -10.8. The lowest BCUT2D eigenvalue weighted by Crippen LogP contribution is -2.39. The van der Waals surface area contributed by atoms with E-state index in [2.05, 4.69) is 30.0 Å². The molecule has 0 fully saturated rings. The van der Waals surface area contributed by atoms with Crippen LogP contribution in [0, 0.1) is 0 Å². The average molecular weight is 1540 g/mol. The number of nitrogens with zero attached hydrogens (tertiary/aromatic N) is 6. The fourth-order valence-electron chi connectivity index (χ4n) is 9.44. The van der Waals surface area contributed by atoms with Crippen LogP contribution in [0.2, 0.25) is 0 Å². The quantitative estimate of drug-likeness (QED) is 0.121. The zero-order valence-electron chi connectivity index (χ0n) is 45.2. The van der Waals surface area contributed by atoms with E-state index in [-0.39, 0.29) is 0 Å². The van der Waals surface area contributed by atoms with Gasteiger partial charge in [0.05, 0.1) is 66.8 Å². The van der Waals surface area contributed by atoms with E-state index in [0.29, 0.717) is 0 Å². The van der Waals surface area contributed by atoms with Crippen molar-refractivity contribution in [1.82, 2.24) is 0 Å². The first-order valence-electron chi connectivity index (χ1n) is 23.9. The molecule has 0 aliphatic carbocycles. The Morgan fingerprint density at radius 1 is 0.137 bits per heavy atom. The van der Waals surface area contributed by atoms with Crippen LogP contribution in [0.3, 0.4) is 0 Å². The lowest BCUT2D eigenvalue weighted by molar-refractivity contribution is -0.0926. The second kappa shape index (κ2) is 23.4. The molecule has 0 saturated carbocycles. The minimum Gasteiger partial charge on any atom is -0.284 e. The number of hydrogen-bond acceptors (Lipinski definition) is 18. The molecule has 6 bridgehead atoms. The maximum Gasteiger partial charge on any atom is 0.454 e. The first kappa shape index (κ1) is 78.5. The van der Waals surface area contributed by atoms with E-state index < -0.39 is 279 Å². The van der Waals surface area contributed by atoms with Crippen molar-refractivity contribution >= 4 is 104 Å². The number of hydrogen-bond donors (Lipinski definition) is 0. The minimum atomic E-state index is -7.61. The van der Waals surface area contributed by atoms with Gasteiger partial charge >= 0.3 is 74.1 Å². The summed E-state index contributed by atoms with van der Waals surface area (Å²) in [5, 5.41) is 0. The minimum absolute atomic E-state index is 2.48. The summed E-state index contributed by atoms with van der Waals surface area (Å²) in [7, 11) is 0. The summed E-state index contributed by atoms with van der Waals surface area (Å²) >= 11 is 0. The van der Waals surface area contributed by atoms with Crippen LogP contribution in [0.5, 0.6) is 0 Å². The molecule has 3 aromatic carbocycles. The van der Waals surface area contributed by atoms with E-state index in [0.717, 1.165) is 0 Å². The Morgan fingerprint density at radius 3 is 0.275 bits per heavy atom. The molecule has 3 aromatic rings. The Kier molecular flexibility index (Phi) is 18.0. The molecule has 102 heavy (non-hydrogen) atoms. The van der Waals surface area contributed by atoms with Gasteiger partial charge in [0, 0.05) is 33.4 Å². The number of fused-ring (bicyclic) bond motifs is 12. The number of aliphatic imine (C=N–C) groups is 6. The molecule has 0 spiro atoms. The van der Waals surface area contributed by atoms with Gasteiger partial charge in [0.2, 0.25) is 0 Å². The third kappa shape index (κ3) is 13.2. The molecule has 0 amide bonds. The molecule has 0 radical (unpaired) electrons. The number of Topliss-reactive ketones (excluding diaryl/α,β-unsaturated/α-hetero) is 12. The molecule has 0 atom stereocenters. The monoisotopic (exact) mass is 1540 g/mol. The SMILES string of the molecule is O=C(c1c(C(=O)C(F)(F)F)c(C(=O)C(F)(F)F)c2c(c1C(=O)C(F)(F)F)C1=NC2=NC2=NC(=NC3=NC(=N1)c1c(C(=O)C(F)(F)F)c(C(=O)C(F)(F)F)c(C(=O)C(F)(F)F)c(C(=O)C(F)(F)F)c13)c1c(C(=O)C(F)(F)F)c(C(=O)C(F)(F)F)c(C(=O)C(F)(F)F)c(C(=O)C(F)(F)F)c12)C(F)(F)F. The molecular weight excluding hydrogens is 1540 g/mol. The number of ketones is 12. The Balaban J connectivity index is 2.16. The van der Waals surface area contributed by atoms with Crippen molar-refractivity contribution in [2.45, 2.75) is 74.1 Å². The van der Waals surface area contributed by atoms with Crippen LogP contribution in [-0.4, -0.2) is 179 Å². The molecule has 0 unspecified atom stereocenters. The lowest BCUT2D eigenvalue weighted by Gasteiger charge is -2.24. The molecule has 4 aliphatic heterocycles. The van der Waals surface area contributed by atoms with E-state index in [1.165, 1.54) is 0 Å². The number of benzene rings is 3. The molecule has 0 saturated heterocycles. The van der Waals surface area contributed by atoms with Gasteiger partial charge in [0.1, 0.15) is 0 Å². The molecule has 4 aliphatic rings. The first-order chi connectivity index (χ1) is 45.3. The van der Waals surface area contributed by atoms with Gasteiger partial charge in [0.15, 0.2) is 35.0 Å². The first-order valence-corrected chi connectivity index (χ1v) is 23.9. The number of alkyl halides is 36. The summed E-state index contributed by atoms with van der Waals surface area (Å²) in [6.07, 6.45) is -91.3. The van der Waals surface area contributed by atoms with Crippen LogP contribution >= 0.6 is 0 Å². The van der Waals surface area contributed by atoms with Gasteiger partial charge in [-0.25, -0.2) is 30.0 Å². The summed E-state index contributed by atoms with van der Waals surface area (Å²) in [5.74, 6) is -79.4. The van der Waals surface area contributed by atoms with Crippen molar-refractivity contribution in [2.24, 2.45) is 30.0 Å². The Bertz CT molecular complexity index is 4230. The zero-order valence-corrected chi connectivity index (χ0v) is 45.2. The van der Waals surface area contributed by atoms with Crippen LogP contribution in [0.25, 0.3) is 0 Å². The predicted octanol–water partition coefficient (Wildman–Crippen LogP) is 12.6. The average Bonchev–Trinajstić information content (AvgIpc) is 1.46. The number of carbonyl (C=O) groups is 12. The fourth-order valence-corrected chi connectivity index (χ4v) is 9.44. The topological polar surface area (TPSA) is 279 Å². The molecular formula is C48F36N6O12. The molecule has 7 rings (SSSR count). The van der Waals surface area contributed by atoms with Crippen LogP contribution < -0.4 is 0 Å². The maximum atomic E-state index is 15.0. The zero-order chi connectivity index (χ0) is 79.0. The van der Waals surface area contributed by atoms with Gasteiger partial charge < -0.3 is 0 Å². The van der Waals surface area contributed by atoms with Gasteiger partial charge in [-0.1, -0.05) is 0 Å². The molecule has 4 heterocycles. The van der Waals surface area contributed by atoms with Crippen molar-refractivity contribution in [1.29, 1.82) is 0 Å². The molecule has 54 heteroatoms. The van der Waals surface area contributed by atoms with Gasteiger partial charge in [-0.2, -0.15) is 158 Å². The highest BCUT2D eigenvalue weighted by atomic mass is 19.5. The van der Waals surface area contributed by atoms with Gasteiger partial charge in [-0.15, -0.1) is 0 Å². The fraction of sp³-hybridized carbons (Fsp3) is 0.250. The highest BCUT2D eigenvalue weighted by Crippen LogP contribution is 2.50. The van der Waals surface area contributed by atoms with Crippen molar-refractivity contribution in [3.8, 4) is 0 Å². The van der Waals surface area contributed by atoms with Crippen LogP contribution in [0.15, 0.2) is 30.0 Å². The Labute approximate surface area is 524 Å². The summed E-state index contributed by atoms with van der Waals surface area (Å²) < 4.78 is 534. The normalized spacial score (nSPS) is 15.3. The molecule has 18 nitrogen and oxygen atoms in total. The number of amidine groups is 6.